The van der Waals surface area contributed by atoms with Crippen molar-refractivity contribution in [2.75, 3.05) is 0 Å². The van der Waals surface area contributed by atoms with Crippen molar-refractivity contribution in [3.63, 3.8) is 0 Å². The Hall–Kier alpha value is -4.55. The fourth-order valence-electron chi connectivity index (χ4n) is 4.94. The summed E-state index contributed by atoms with van der Waals surface area (Å²) in [5, 5.41) is -10.5. The van der Waals surface area contributed by atoms with Crippen LogP contribution in [0.1, 0.15) is 45.2 Å². The molecule has 0 spiro atoms. The van der Waals surface area contributed by atoms with Crippen molar-refractivity contribution >= 4 is 73.6 Å². The molecule has 0 radical (unpaired) electrons. The molecular weight excluding hydrogens is 641 g/mol. The van der Waals surface area contributed by atoms with E-state index in [4.69, 9.17) is 24.7 Å². The van der Waals surface area contributed by atoms with Crippen molar-refractivity contribution in [1.29, 1.82) is 0 Å². The number of rotatable bonds is 8. The summed E-state index contributed by atoms with van der Waals surface area (Å²) in [6, 6.07) is -43.7. The van der Waals surface area contributed by atoms with E-state index in [9.17, 15) is 20.6 Å². The van der Waals surface area contributed by atoms with Crippen LogP contribution in [0.15, 0.2) is 204 Å². The summed E-state index contributed by atoms with van der Waals surface area (Å²) in [5.41, 5.74) is 0. The van der Waals surface area contributed by atoms with Crippen molar-refractivity contribution in [3.8, 4) is 0 Å². The van der Waals surface area contributed by atoms with Gasteiger partial charge in [-0.05, 0) is 53.6 Å². The third-order valence-electron chi connectivity index (χ3n) is 6.72. The average Bonchev–Trinajstić information content (AvgIpc) is 3.52. The van der Waals surface area contributed by atoms with Crippen molar-refractivity contribution < 1.29 is 45.2 Å². The third kappa shape index (κ3) is 5.17. The first-order chi connectivity index (χ1) is 35.9. The van der Waals surface area contributed by atoms with E-state index in [2.05, 4.69) is 15.9 Å². The molecule has 7 rings (SSSR count). The molecule has 0 saturated heterocycles. The van der Waals surface area contributed by atoms with Crippen LogP contribution in [0.5, 0.6) is 0 Å². The molecule has 7 aromatic rings. The second-order valence-corrected chi connectivity index (χ2v) is 16.7. The topological polar surface area (TPSA) is 0 Å². The molecule has 0 amide bonds. The van der Waals surface area contributed by atoms with Crippen LogP contribution < -0.4 is 41.5 Å². The fourth-order valence-corrected chi connectivity index (χ4v) is 13.1. The first kappa shape index (κ1) is 9.97. The van der Waals surface area contributed by atoms with Crippen molar-refractivity contribution in [2.45, 2.75) is 0 Å². The molecule has 7 aromatic carbocycles. The third-order valence-corrected chi connectivity index (χ3v) is 15.1. The summed E-state index contributed by atoms with van der Waals surface area (Å²) < 4.78 is 304. The standard InChI is InChI=1S/C42H33BrSi2/c43-34-31-41(44(35-19-7-1-8-20-35,36-21-9-2-10-22-36)37-23-11-3-12-24-37)33-42(32-34)45(38-25-13-4-14-26-38,39-27-15-5-16-28-39)40-29-17-6-18-30-40/h1-33H/i1D,2D,3D,4D,5D,6D,7D,8D,9D,10D,11D,12D,13D,14D,15D,16D,17D,18D,19D,20D,21D,22D,23D,24D,25D,26D,27D,28D,29D,30D,31D,32D,33D. The average molecular weight is 707 g/mol. The van der Waals surface area contributed by atoms with Gasteiger partial charge in [-0.3, -0.25) is 0 Å². The van der Waals surface area contributed by atoms with Crippen LogP contribution in [-0.4, -0.2) is 16.1 Å². The Labute approximate surface area is 323 Å². The van der Waals surface area contributed by atoms with Crippen LogP contribution >= 0.6 is 15.9 Å². The lowest BCUT2D eigenvalue weighted by Gasteiger charge is -2.38. The number of benzene rings is 7. The summed E-state index contributed by atoms with van der Waals surface area (Å²) in [7, 11) is -13.4. The zero-order valence-electron chi connectivity index (χ0n) is 55.4. The van der Waals surface area contributed by atoms with E-state index in [1.54, 1.807) is 0 Å². The molecule has 0 N–H and O–H groups in total. The smallest absolute Gasteiger partial charge is 0.0623 e. The van der Waals surface area contributed by atoms with E-state index >= 15 is 0 Å². The second-order valence-electron chi connectivity index (χ2n) is 8.94. The van der Waals surface area contributed by atoms with Gasteiger partial charge in [-0.1, -0.05) is 203 Å². The SMILES string of the molecule is [2H]c1c([2H])c([2H])c([Si](c2c([2H])c([2H])c([2H])c([2H])c2[2H])(c2c([2H])c([2H])c([2H])c([2H])c2[2H])c2c([2H])c(Br)c([2H])c([Si](c3c([2H])c([2H])c([2H])c([2H])c3[2H])(c3c([2H])c([2H])c([2H])c([2H])c3[2H])c3c([2H])c([2H])c([2H])c([2H])c3[2H])c2[2H])c([2H])c1[2H]. The molecule has 0 fully saturated rings. The molecule has 0 unspecified atom stereocenters. The second kappa shape index (κ2) is 12.8. The Bertz CT molecular complexity index is 3120. The summed E-state index contributed by atoms with van der Waals surface area (Å²) in [4.78, 5) is 0. The molecule has 0 saturated carbocycles. The van der Waals surface area contributed by atoms with Crippen LogP contribution in [0.3, 0.4) is 0 Å². The lowest BCUT2D eigenvalue weighted by atomic mass is 10.3. The maximum Gasteiger partial charge on any atom is 0.179 e. The molecule has 0 aliphatic carbocycles. The minimum atomic E-state index is -6.71. The van der Waals surface area contributed by atoms with Gasteiger partial charge in [0.05, 0.1) is 45.2 Å². The van der Waals surface area contributed by atoms with Crippen LogP contribution in [0.25, 0.3) is 0 Å². The van der Waals surface area contributed by atoms with Gasteiger partial charge >= 0.3 is 0 Å². The van der Waals surface area contributed by atoms with Gasteiger partial charge in [0, 0.05) is 4.47 Å². The molecule has 0 aliphatic rings. The maximum atomic E-state index is 10.8. The summed E-state index contributed by atoms with van der Waals surface area (Å²) in [5.74, 6) is 0. The number of hydrogen-bond donors (Lipinski definition) is 0. The Morgan fingerprint density at radius 2 is 0.489 bits per heavy atom. The van der Waals surface area contributed by atoms with Crippen LogP contribution in [0.2, 0.25) is 0 Å². The first-order valence-electron chi connectivity index (χ1n) is 29.2. The van der Waals surface area contributed by atoms with E-state index in [0.29, 0.717) is 0 Å². The van der Waals surface area contributed by atoms with Crippen LogP contribution in [-0.2, 0) is 0 Å². The van der Waals surface area contributed by atoms with E-state index in [0.717, 1.165) is 0 Å². The molecule has 0 aromatic heterocycles. The van der Waals surface area contributed by atoms with E-state index in [1.807, 2.05) is 0 Å². The summed E-state index contributed by atoms with van der Waals surface area (Å²) >= 11 is 3.10. The van der Waals surface area contributed by atoms with Crippen molar-refractivity contribution in [2.24, 2.45) is 0 Å². The Balaban J connectivity index is 2.13. The molecule has 216 valence electrons. The Morgan fingerprint density at radius 1 is 0.289 bits per heavy atom. The van der Waals surface area contributed by atoms with Gasteiger partial charge in [0.2, 0.25) is 0 Å². The van der Waals surface area contributed by atoms with Crippen LogP contribution in [0, 0.1) is 0 Å². The van der Waals surface area contributed by atoms with E-state index in [1.165, 1.54) is 0 Å². The van der Waals surface area contributed by atoms with Crippen molar-refractivity contribution in [1.82, 2.24) is 0 Å². The highest BCUT2D eigenvalue weighted by Crippen LogP contribution is 2.17. The Kier molecular flexibility index (Phi) is 2.84. The molecule has 0 heterocycles. The largest absolute Gasteiger partial charge is 0.179 e. The lowest BCUT2D eigenvalue weighted by Crippen LogP contribution is -2.78. The highest BCUT2D eigenvalue weighted by Gasteiger charge is 2.45. The van der Waals surface area contributed by atoms with Gasteiger partial charge < -0.3 is 0 Å². The van der Waals surface area contributed by atoms with Gasteiger partial charge in [-0.2, -0.15) is 0 Å². The van der Waals surface area contributed by atoms with Crippen LogP contribution in [0.4, 0.5) is 0 Å². The quantitative estimate of drug-likeness (QED) is 0.151. The molecule has 3 heteroatoms. The molecule has 0 atom stereocenters. The van der Waals surface area contributed by atoms with Gasteiger partial charge in [0.1, 0.15) is 0 Å². The van der Waals surface area contributed by atoms with Gasteiger partial charge in [0.25, 0.3) is 0 Å². The zero-order valence-corrected chi connectivity index (χ0v) is 26.0. The molecule has 45 heavy (non-hydrogen) atoms. The normalized spacial score (nSPS) is 21.9. The highest BCUT2D eigenvalue weighted by atomic mass is 79.9. The molecule has 0 bridgehead atoms. The minimum absolute atomic E-state index is 1.04. The van der Waals surface area contributed by atoms with E-state index in [-0.39, 0.29) is 0 Å². The summed E-state index contributed by atoms with van der Waals surface area (Å²) in [6.45, 7) is 0. The predicted molar refractivity (Wildman–Crippen MR) is 201 cm³/mol. The van der Waals surface area contributed by atoms with Gasteiger partial charge in [0.15, 0.2) is 16.1 Å². The molecule has 0 aliphatic heterocycles. The predicted octanol–water partition coefficient (Wildman–Crippen LogP) is 5.20. The van der Waals surface area contributed by atoms with E-state index < -0.39 is 262 Å². The lowest BCUT2D eigenvalue weighted by molar-refractivity contribution is 1.64. The molecular formula is C42H33BrSi2. The number of hydrogen-bond acceptors (Lipinski definition) is 0. The Morgan fingerprint density at radius 3 is 0.689 bits per heavy atom. The highest BCUT2D eigenvalue weighted by molar-refractivity contribution is 9.10. The first-order valence-corrected chi connectivity index (χ1v) is 17.5. The van der Waals surface area contributed by atoms with Gasteiger partial charge in [-0.25, -0.2) is 0 Å². The maximum absolute atomic E-state index is 10.8. The minimum Gasteiger partial charge on any atom is -0.0623 e. The zero-order chi connectivity index (χ0) is 59.2. The molecule has 0 nitrogen and oxygen atoms in total. The monoisotopic (exact) mass is 705 g/mol. The summed E-state index contributed by atoms with van der Waals surface area (Å²) in [6.07, 6.45) is 0. The number of halogens is 1. The van der Waals surface area contributed by atoms with Gasteiger partial charge in [-0.15, -0.1) is 0 Å². The fraction of sp³-hybridized carbons (Fsp3) is 0. The van der Waals surface area contributed by atoms with Crippen molar-refractivity contribution in [3.05, 3.63) is 204 Å².